The number of nitrogens with zero attached hydrogens (tertiary/aromatic N) is 3. The van der Waals surface area contributed by atoms with Gasteiger partial charge in [0, 0.05) is 23.4 Å². The lowest BCUT2D eigenvalue weighted by atomic mass is 10.1. The molecule has 8 nitrogen and oxygen atoms in total. The minimum absolute atomic E-state index is 0.146. The highest BCUT2D eigenvalue weighted by molar-refractivity contribution is 6.04. The van der Waals surface area contributed by atoms with E-state index in [1.165, 1.54) is 12.1 Å². The number of hydrogen-bond acceptors (Lipinski definition) is 5. The molecule has 3 aromatic rings. The van der Waals surface area contributed by atoms with Gasteiger partial charge in [-0.25, -0.2) is 13.8 Å². The number of aromatic nitrogens is 3. The Hall–Kier alpha value is -4.08. The number of anilines is 2. The topological polar surface area (TPSA) is 100 Å². The normalized spacial score (nSPS) is 17.1. The summed E-state index contributed by atoms with van der Waals surface area (Å²) in [5.41, 5.74) is 1.83. The van der Waals surface area contributed by atoms with Crippen LogP contribution in [0.1, 0.15) is 35.2 Å². The van der Waals surface area contributed by atoms with Gasteiger partial charge in [-0.05, 0) is 36.6 Å². The Morgan fingerprint density at radius 2 is 2.12 bits per heavy atom. The Labute approximate surface area is 181 Å². The maximum atomic E-state index is 14.0. The second kappa shape index (κ2) is 7.56. The molecule has 2 aromatic heterocycles. The third-order valence-corrected chi connectivity index (χ3v) is 5.22. The first-order valence-electron chi connectivity index (χ1n) is 9.99. The lowest BCUT2D eigenvalue weighted by molar-refractivity contribution is -0.118. The van der Waals surface area contributed by atoms with Gasteiger partial charge >= 0.3 is 0 Å². The van der Waals surface area contributed by atoms with Crippen molar-refractivity contribution in [3.05, 3.63) is 71.1 Å². The van der Waals surface area contributed by atoms with Gasteiger partial charge in [0.2, 0.25) is 5.91 Å². The highest BCUT2D eigenvalue weighted by Crippen LogP contribution is 2.29. The van der Waals surface area contributed by atoms with Crippen LogP contribution in [-0.4, -0.2) is 32.5 Å². The minimum atomic E-state index is -1.23. The zero-order chi connectivity index (χ0) is 22.4. The van der Waals surface area contributed by atoms with E-state index in [9.17, 15) is 18.4 Å². The maximum Gasteiger partial charge on any atom is 0.259 e. The lowest BCUT2D eigenvalue weighted by Gasteiger charge is -2.11. The van der Waals surface area contributed by atoms with Crippen molar-refractivity contribution in [2.24, 2.45) is 0 Å². The van der Waals surface area contributed by atoms with Gasteiger partial charge in [0.05, 0.1) is 18.2 Å². The number of halogens is 2. The van der Waals surface area contributed by atoms with Gasteiger partial charge in [-0.2, -0.15) is 9.61 Å². The summed E-state index contributed by atoms with van der Waals surface area (Å²) in [6, 6.07) is 5.27. The van der Waals surface area contributed by atoms with E-state index in [2.05, 4.69) is 32.6 Å². The first-order chi connectivity index (χ1) is 15.4. The van der Waals surface area contributed by atoms with Gasteiger partial charge in [0.15, 0.2) is 17.3 Å². The summed E-state index contributed by atoms with van der Waals surface area (Å²) < 4.78 is 29.2. The molecule has 2 fully saturated rings. The summed E-state index contributed by atoms with van der Waals surface area (Å²) in [6.45, 7) is 3.83. The molecule has 0 bridgehead atoms. The summed E-state index contributed by atoms with van der Waals surface area (Å²) in [4.78, 5) is 28.7. The van der Waals surface area contributed by atoms with Crippen molar-refractivity contribution >= 4 is 35.2 Å². The Morgan fingerprint density at radius 3 is 2.84 bits per heavy atom. The highest BCUT2D eigenvalue weighted by atomic mass is 19.2. The monoisotopic (exact) mass is 436 g/mol. The molecule has 3 heterocycles. The highest BCUT2D eigenvalue weighted by Gasteiger charge is 2.24. The van der Waals surface area contributed by atoms with E-state index in [-0.39, 0.29) is 24.2 Å². The first kappa shape index (κ1) is 19.9. The fourth-order valence-electron chi connectivity index (χ4n) is 3.45. The summed E-state index contributed by atoms with van der Waals surface area (Å²) in [7, 11) is 0. The van der Waals surface area contributed by atoms with Crippen LogP contribution in [0.4, 0.5) is 20.4 Å². The Kier molecular flexibility index (Phi) is 4.69. The molecule has 0 radical (unpaired) electrons. The number of allylic oxidation sites excluding steroid dienone is 1. The Morgan fingerprint density at radius 1 is 1.31 bits per heavy atom. The van der Waals surface area contributed by atoms with Crippen LogP contribution in [-0.2, 0) is 4.79 Å². The number of benzene rings is 1. The predicted octanol–water partition coefficient (Wildman–Crippen LogP) is 3.25. The van der Waals surface area contributed by atoms with E-state index in [0.29, 0.717) is 28.3 Å². The van der Waals surface area contributed by atoms with Gasteiger partial charge in [-0.15, -0.1) is 0 Å². The molecule has 5 rings (SSSR count). The molecular weight excluding hydrogens is 418 g/mol. The molecule has 3 N–H and O–H groups in total. The standard InChI is InChI=1S/C22H18F2N6O2/c1-11-12(8-19(31)26-11)7-13-10-25-30-18(27-14-5-6-14)9-17(28-21(13)30)29-22(32)15-3-2-4-16(23)20(15)24/h2-4,7,9-10,14,27H,1,5-6,8H2,(H,26,31)(H,28,29,32)/b12-7+. The Bertz CT molecular complexity index is 1330. The van der Waals surface area contributed by atoms with E-state index in [0.717, 1.165) is 18.9 Å². The van der Waals surface area contributed by atoms with Crippen molar-refractivity contribution in [1.82, 2.24) is 19.9 Å². The van der Waals surface area contributed by atoms with Crippen molar-refractivity contribution in [3.8, 4) is 0 Å². The van der Waals surface area contributed by atoms with Crippen molar-refractivity contribution < 1.29 is 18.4 Å². The second-order valence-corrected chi connectivity index (χ2v) is 7.71. The molecule has 1 aromatic carbocycles. The molecule has 2 amide bonds. The van der Waals surface area contributed by atoms with Gasteiger partial charge in [-0.3, -0.25) is 9.59 Å². The van der Waals surface area contributed by atoms with E-state index < -0.39 is 23.1 Å². The third kappa shape index (κ3) is 3.70. The van der Waals surface area contributed by atoms with E-state index in [1.54, 1.807) is 22.9 Å². The summed E-state index contributed by atoms with van der Waals surface area (Å²) in [5, 5.41) is 12.9. The second-order valence-electron chi connectivity index (χ2n) is 7.71. The van der Waals surface area contributed by atoms with Crippen LogP contribution in [0.3, 0.4) is 0 Å². The number of carbonyl (C=O) groups is 2. The zero-order valence-electron chi connectivity index (χ0n) is 16.8. The van der Waals surface area contributed by atoms with E-state index in [4.69, 9.17) is 0 Å². The van der Waals surface area contributed by atoms with Crippen molar-refractivity contribution in [3.63, 3.8) is 0 Å². The number of amides is 2. The fourth-order valence-corrected chi connectivity index (χ4v) is 3.45. The smallest absolute Gasteiger partial charge is 0.259 e. The van der Waals surface area contributed by atoms with Gasteiger partial charge in [0.25, 0.3) is 5.91 Å². The molecule has 1 saturated heterocycles. The predicted molar refractivity (Wildman–Crippen MR) is 114 cm³/mol. The SMILES string of the molecule is C=C1NC(=O)C/C1=C\c1cnn2c(NC3CC3)cc(NC(=O)c3cccc(F)c3F)nc12. The van der Waals surface area contributed by atoms with Crippen LogP contribution < -0.4 is 16.0 Å². The van der Waals surface area contributed by atoms with Crippen LogP contribution in [0.15, 0.2) is 48.3 Å². The first-order valence-corrected chi connectivity index (χ1v) is 9.99. The summed E-state index contributed by atoms with van der Waals surface area (Å²) in [5.74, 6) is -2.57. The molecule has 0 atom stereocenters. The summed E-state index contributed by atoms with van der Waals surface area (Å²) >= 11 is 0. The van der Waals surface area contributed by atoms with Crippen molar-refractivity contribution in [2.45, 2.75) is 25.3 Å². The number of nitrogens with one attached hydrogen (secondary N) is 3. The number of carbonyl (C=O) groups excluding carboxylic acids is 2. The number of rotatable bonds is 5. The van der Waals surface area contributed by atoms with Gasteiger partial charge in [0.1, 0.15) is 11.6 Å². The van der Waals surface area contributed by atoms with Crippen molar-refractivity contribution in [1.29, 1.82) is 0 Å². The molecule has 32 heavy (non-hydrogen) atoms. The molecule has 2 aliphatic rings. The molecule has 162 valence electrons. The minimum Gasteiger partial charge on any atom is -0.367 e. The van der Waals surface area contributed by atoms with Crippen molar-refractivity contribution in [2.75, 3.05) is 10.6 Å². The van der Waals surface area contributed by atoms with E-state index >= 15 is 0 Å². The Balaban J connectivity index is 1.54. The zero-order valence-corrected chi connectivity index (χ0v) is 16.8. The fraction of sp³-hybridized carbons (Fsp3) is 0.182. The van der Waals surface area contributed by atoms with Crippen LogP contribution in [0.5, 0.6) is 0 Å². The molecule has 0 unspecified atom stereocenters. The largest absolute Gasteiger partial charge is 0.367 e. The number of fused-ring (bicyclic) bond motifs is 1. The summed E-state index contributed by atoms with van der Waals surface area (Å²) in [6.07, 6.45) is 5.56. The van der Waals surface area contributed by atoms with Crippen LogP contribution >= 0.6 is 0 Å². The van der Waals surface area contributed by atoms with Gasteiger partial charge in [-0.1, -0.05) is 12.6 Å². The third-order valence-electron chi connectivity index (χ3n) is 5.22. The molecule has 10 heteroatoms. The van der Waals surface area contributed by atoms with Crippen LogP contribution in [0.25, 0.3) is 11.7 Å². The average molecular weight is 436 g/mol. The molecule has 1 aliphatic heterocycles. The molecule has 1 aliphatic carbocycles. The van der Waals surface area contributed by atoms with Gasteiger partial charge < -0.3 is 16.0 Å². The maximum absolute atomic E-state index is 14.0. The average Bonchev–Trinajstić information content (AvgIpc) is 3.38. The molecule has 0 spiro atoms. The molecule has 1 saturated carbocycles. The molecular formula is C22H18F2N6O2. The number of hydrogen-bond donors (Lipinski definition) is 3. The quantitative estimate of drug-likeness (QED) is 0.570. The van der Waals surface area contributed by atoms with Crippen LogP contribution in [0, 0.1) is 11.6 Å². The van der Waals surface area contributed by atoms with Crippen LogP contribution in [0.2, 0.25) is 0 Å². The van der Waals surface area contributed by atoms with E-state index in [1.807, 2.05) is 0 Å². The lowest BCUT2D eigenvalue weighted by Crippen LogP contribution is -2.17.